The average molecular weight is 260 g/mol. The third-order valence-electron chi connectivity index (χ3n) is 3.09. The van der Waals surface area contributed by atoms with Crippen molar-refractivity contribution < 1.29 is 9.90 Å². The maximum Gasteiger partial charge on any atom is 0.330 e. The number of rotatable bonds is 4. The fourth-order valence-electron chi connectivity index (χ4n) is 1.88. The SMILES string of the molecule is CC(C)(Cc1ccc(-n2cc[nH]c2=O)cc1)C(=O)O. The molecular formula is C14H16N2O3. The van der Waals surface area contributed by atoms with E-state index in [0.717, 1.165) is 11.3 Å². The van der Waals surface area contributed by atoms with Crippen molar-refractivity contribution in [3.63, 3.8) is 0 Å². The first-order valence-corrected chi connectivity index (χ1v) is 5.99. The topological polar surface area (TPSA) is 75.1 Å². The van der Waals surface area contributed by atoms with Gasteiger partial charge in [-0.2, -0.15) is 0 Å². The number of aliphatic carboxylic acids is 1. The van der Waals surface area contributed by atoms with Gasteiger partial charge in [-0.15, -0.1) is 0 Å². The predicted molar refractivity (Wildman–Crippen MR) is 71.5 cm³/mol. The van der Waals surface area contributed by atoms with Crippen LogP contribution in [0.25, 0.3) is 5.69 Å². The second kappa shape index (κ2) is 4.76. The standard InChI is InChI=1S/C14H16N2O3/c1-14(2,12(17)18)9-10-3-5-11(6-4-10)16-8-7-15-13(16)19/h3-8H,9H2,1-2H3,(H,15,19)(H,17,18). The van der Waals surface area contributed by atoms with E-state index in [0.29, 0.717) is 6.42 Å². The number of aromatic nitrogens is 2. The lowest BCUT2D eigenvalue weighted by molar-refractivity contribution is -0.146. The highest BCUT2D eigenvalue weighted by atomic mass is 16.4. The third kappa shape index (κ3) is 2.76. The number of nitrogens with one attached hydrogen (secondary N) is 1. The molecule has 1 aromatic carbocycles. The van der Waals surface area contributed by atoms with Crippen molar-refractivity contribution in [2.75, 3.05) is 0 Å². The van der Waals surface area contributed by atoms with Crippen LogP contribution in [0.2, 0.25) is 0 Å². The van der Waals surface area contributed by atoms with Gasteiger partial charge in [0, 0.05) is 12.4 Å². The fourth-order valence-corrected chi connectivity index (χ4v) is 1.88. The first-order valence-electron chi connectivity index (χ1n) is 5.99. The van der Waals surface area contributed by atoms with Crippen LogP contribution in [0.3, 0.4) is 0 Å². The molecule has 0 amide bonds. The van der Waals surface area contributed by atoms with E-state index in [-0.39, 0.29) is 5.69 Å². The Morgan fingerprint density at radius 1 is 1.32 bits per heavy atom. The van der Waals surface area contributed by atoms with Crippen molar-refractivity contribution in [3.8, 4) is 5.69 Å². The molecular weight excluding hydrogens is 244 g/mol. The maximum atomic E-state index is 11.5. The molecule has 0 aliphatic rings. The van der Waals surface area contributed by atoms with Gasteiger partial charge in [0.15, 0.2) is 0 Å². The molecule has 2 N–H and O–H groups in total. The quantitative estimate of drug-likeness (QED) is 0.880. The van der Waals surface area contributed by atoms with Crippen LogP contribution in [-0.2, 0) is 11.2 Å². The summed E-state index contributed by atoms with van der Waals surface area (Å²) in [5.74, 6) is -0.821. The number of carboxylic acids is 1. The van der Waals surface area contributed by atoms with E-state index in [1.807, 2.05) is 24.3 Å². The smallest absolute Gasteiger partial charge is 0.330 e. The van der Waals surface area contributed by atoms with Crippen LogP contribution < -0.4 is 5.69 Å². The zero-order chi connectivity index (χ0) is 14.0. The van der Waals surface area contributed by atoms with E-state index in [1.165, 1.54) is 4.57 Å². The van der Waals surface area contributed by atoms with E-state index < -0.39 is 11.4 Å². The fraction of sp³-hybridized carbons (Fsp3) is 0.286. The van der Waals surface area contributed by atoms with Gasteiger partial charge in [0.2, 0.25) is 0 Å². The van der Waals surface area contributed by atoms with Gasteiger partial charge in [0.25, 0.3) is 0 Å². The monoisotopic (exact) mass is 260 g/mol. The molecule has 1 aromatic heterocycles. The van der Waals surface area contributed by atoms with Gasteiger partial charge in [-0.1, -0.05) is 12.1 Å². The molecule has 19 heavy (non-hydrogen) atoms. The van der Waals surface area contributed by atoms with E-state index in [1.54, 1.807) is 26.2 Å². The number of carboxylic acid groups (broad SMARTS) is 1. The van der Waals surface area contributed by atoms with E-state index in [4.69, 9.17) is 5.11 Å². The minimum atomic E-state index is -0.821. The van der Waals surface area contributed by atoms with Crippen LogP contribution in [0.5, 0.6) is 0 Å². The largest absolute Gasteiger partial charge is 0.481 e. The predicted octanol–water partition coefficient (Wildman–Crippen LogP) is 1.82. The van der Waals surface area contributed by atoms with Crippen molar-refractivity contribution in [1.82, 2.24) is 9.55 Å². The summed E-state index contributed by atoms with van der Waals surface area (Å²) in [6.07, 6.45) is 3.67. The molecule has 5 nitrogen and oxygen atoms in total. The summed E-state index contributed by atoms with van der Waals surface area (Å²) in [7, 11) is 0. The minimum Gasteiger partial charge on any atom is -0.481 e. The highest BCUT2D eigenvalue weighted by Crippen LogP contribution is 2.22. The molecule has 5 heteroatoms. The number of aromatic amines is 1. The second-order valence-corrected chi connectivity index (χ2v) is 5.17. The van der Waals surface area contributed by atoms with E-state index >= 15 is 0 Å². The van der Waals surface area contributed by atoms with Gasteiger partial charge in [0.05, 0.1) is 11.1 Å². The highest BCUT2D eigenvalue weighted by molar-refractivity contribution is 5.74. The molecule has 0 saturated carbocycles. The molecule has 2 aromatic rings. The maximum absolute atomic E-state index is 11.5. The lowest BCUT2D eigenvalue weighted by atomic mass is 9.86. The van der Waals surface area contributed by atoms with Crippen molar-refractivity contribution in [2.45, 2.75) is 20.3 Å². The van der Waals surface area contributed by atoms with Crippen LogP contribution in [0.1, 0.15) is 19.4 Å². The Morgan fingerprint density at radius 2 is 1.95 bits per heavy atom. The van der Waals surface area contributed by atoms with Crippen molar-refractivity contribution in [3.05, 3.63) is 52.7 Å². The Bertz CT molecular complexity index is 635. The van der Waals surface area contributed by atoms with Crippen LogP contribution in [0.4, 0.5) is 0 Å². The zero-order valence-corrected chi connectivity index (χ0v) is 10.9. The summed E-state index contributed by atoms with van der Waals surface area (Å²) in [6, 6.07) is 7.31. The number of benzene rings is 1. The highest BCUT2D eigenvalue weighted by Gasteiger charge is 2.27. The number of H-pyrrole nitrogens is 1. The summed E-state index contributed by atoms with van der Waals surface area (Å²) in [6.45, 7) is 3.39. The molecule has 100 valence electrons. The molecule has 1 heterocycles. The molecule has 0 radical (unpaired) electrons. The molecule has 0 spiro atoms. The van der Waals surface area contributed by atoms with Crippen molar-refractivity contribution in [1.29, 1.82) is 0 Å². The van der Waals surface area contributed by atoms with Crippen molar-refractivity contribution >= 4 is 5.97 Å². The van der Waals surface area contributed by atoms with Crippen LogP contribution in [0.15, 0.2) is 41.5 Å². The molecule has 0 fully saturated rings. The normalized spacial score (nSPS) is 11.5. The molecule has 0 saturated heterocycles. The van der Waals surface area contributed by atoms with Gasteiger partial charge in [-0.05, 0) is 38.0 Å². The molecule has 0 aliphatic heterocycles. The van der Waals surface area contributed by atoms with Gasteiger partial charge >= 0.3 is 11.7 Å². The summed E-state index contributed by atoms with van der Waals surface area (Å²) in [5.41, 5.74) is 0.688. The van der Waals surface area contributed by atoms with Crippen LogP contribution in [-0.4, -0.2) is 20.6 Å². The number of hydrogen-bond acceptors (Lipinski definition) is 2. The summed E-state index contributed by atoms with van der Waals surface area (Å²) >= 11 is 0. The van der Waals surface area contributed by atoms with Gasteiger partial charge < -0.3 is 10.1 Å². The number of hydrogen-bond donors (Lipinski definition) is 2. The van der Waals surface area contributed by atoms with E-state index in [2.05, 4.69) is 4.98 Å². The number of carbonyl (C=O) groups is 1. The van der Waals surface area contributed by atoms with Gasteiger partial charge in [0.1, 0.15) is 0 Å². The lowest BCUT2D eigenvalue weighted by Crippen LogP contribution is -2.26. The number of imidazole rings is 1. The molecule has 0 aliphatic carbocycles. The summed E-state index contributed by atoms with van der Waals surface area (Å²) in [5, 5.41) is 9.09. The Kier molecular flexibility index (Phi) is 3.29. The first-order chi connectivity index (χ1) is 8.90. The van der Waals surface area contributed by atoms with Crippen molar-refractivity contribution in [2.24, 2.45) is 5.41 Å². The summed E-state index contributed by atoms with van der Waals surface area (Å²) < 4.78 is 1.49. The minimum absolute atomic E-state index is 0.196. The molecule has 0 bridgehead atoms. The molecule has 2 rings (SSSR count). The third-order valence-corrected chi connectivity index (χ3v) is 3.09. The Labute approximate surface area is 110 Å². The van der Waals surface area contributed by atoms with Crippen LogP contribution >= 0.6 is 0 Å². The summed E-state index contributed by atoms with van der Waals surface area (Å²) in [4.78, 5) is 25.1. The average Bonchev–Trinajstić information content (AvgIpc) is 2.76. The number of nitrogens with zero attached hydrogens (tertiary/aromatic N) is 1. The first kappa shape index (κ1) is 13.1. The van der Waals surface area contributed by atoms with Gasteiger partial charge in [-0.3, -0.25) is 9.36 Å². The Balaban J connectivity index is 2.23. The zero-order valence-electron chi connectivity index (χ0n) is 10.9. The van der Waals surface area contributed by atoms with Crippen LogP contribution in [0, 0.1) is 5.41 Å². The molecule has 0 atom stereocenters. The van der Waals surface area contributed by atoms with E-state index in [9.17, 15) is 9.59 Å². The van der Waals surface area contributed by atoms with Gasteiger partial charge in [-0.25, -0.2) is 4.79 Å². The second-order valence-electron chi connectivity index (χ2n) is 5.17. The Morgan fingerprint density at radius 3 is 2.42 bits per heavy atom. The Hall–Kier alpha value is -2.30. The lowest BCUT2D eigenvalue weighted by Gasteiger charge is -2.19. The molecule has 0 unspecified atom stereocenters.